The number of morpholine rings is 1. The van der Waals surface area contributed by atoms with Crippen LogP contribution in [0, 0.1) is 11.8 Å². The summed E-state index contributed by atoms with van der Waals surface area (Å²) in [6, 6.07) is 1.90. The average Bonchev–Trinajstić information content (AvgIpc) is 3.17. The molecule has 1 aromatic rings. The fourth-order valence-electron chi connectivity index (χ4n) is 3.53. The lowest BCUT2D eigenvalue weighted by molar-refractivity contribution is -0.144. The van der Waals surface area contributed by atoms with Crippen LogP contribution in [0.1, 0.15) is 19.3 Å². The highest BCUT2D eigenvalue weighted by Crippen LogP contribution is 2.32. The summed E-state index contributed by atoms with van der Waals surface area (Å²) < 4.78 is 7.63. The highest BCUT2D eigenvalue weighted by atomic mass is 35.5. The third kappa shape index (κ3) is 4.83. The molecule has 1 saturated carbocycles. The average molecular weight is 365 g/mol. The van der Waals surface area contributed by atoms with Gasteiger partial charge in [0.05, 0.1) is 19.3 Å². The van der Waals surface area contributed by atoms with Crippen molar-refractivity contribution in [2.24, 2.45) is 17.6 Å². The zero-order valence-corrected chi connectivity index (χ0v) is 14.8. The lowest BCUT2D eigenvalue weighted by Crippen LogP contribution is -2.49. The van der Waals surface area contributed by atoms with Gasteiger partial charge in [0.2, 0.25) is 5.91 Å². The second-order valence-corrected chi connectivity index (χ2v) is 6.04. The second kappa shape index (κ2) is 9.47. The van der Waals surface area contributed by atoms with Crippen molar-refractivity contribution in [3.8, 4) is 0 Å². The molecule has 2 fully saturated rings. The maximum absolute atomic E-state index is 12.7. The van der Waals surface area contributed by atoms with Crippen molar-refractivity contribution >= 4 is 30.7 Å². The fraction of sp³-hybridized carbons (Fsp3) is 0.733. The maximum Gasteiger partial charge on any atom is 0.226 e. The first-order chi connectivity index (χ1) is 10.3. The topological polar surface area (TPSA) is 73.4 Å². The number of hydrogen-bond donors (Lipinski definition) is 1. The van der Waals surface area contributed by atoms with Gasteiger partial charge < -0.3 is 15.4 Å². The predicted octanol–water partition coefficient (Wildman–Crippen LogP) is 1.33. The number of rotatable bonds is 4. The van der Waals surface area contributed by atoms with Crippen molar-refractivity contribution in [2.45, 2.75) is 31.9 Å². The molecule has 2 heterocycles. The number of amides is 1. The van der Waals surface area contributed by atoms with Crippen LogP contribution in [-0.2, 0) is 16.1 Å². The monoisotopic (exact) mass is 364 g/mol. The molecule has 3 atom stereocenters. The Morgan fingerprint density at radius 3 is 2.87 bits per heavy atom. The summed E-state index contributed by atoms with van der Waals surface area (Å²) in [5.74, 6) is 0.764. The van der Waals surface area contributed by atoms with E-state index in [-0.39, 0.29) is 42.7 Å². The van der Waals surface area contributed by atoms with Gasteiger partial charge in [0.15, 0.2) is 0 Å². The molecular formula is C15H26Cl2N4O2. The van der Waals surface area contributed by atoms with Gasteiger partial charge in [-0.15, -0.1) is 24.8 Å². The van der Waals surface area contributed by atoms with Gasteiger partial charge in [0.25, 0.3) is 0 Å². The molecule has 8 heteroatoms. The zero-order valence-electron chi connectivity index (χ0n) is 13.2. The molecule has 1 unspecified atom stereocenters. The summed E-state index contributed by atoms with van der Waals surface area (Å²) in [4.78, 5) is 14.7. The molecular weight excluding hydrogens is 339 g/mol. The van der Waals surface area contributed by atoms with E-state index < -0.39 is 0 Å². The number of hydrogen-bond acceptors (Lipinski definition) is 4. The summed E-state index contributed by atoms with van der Waals surface area (Å²) in [5, 5.41) is 4.20. The predicted molar refractivity (Wildman–Crippen MR) is 92.9 cm³/mol. The third-order valence-electron chi connectivity index (χ3n) is 4.68. The summed E-state index contributed by atoms with van der Waals surface area (Å²) in [5.41, 5.74) is 5.80. The molecule has 0 radical (unpaired) electrons. The minimum atomic E-state index is 0. The standard InChI is InChI=1S/C15H24N4O2.2ClH/c16-9-12-3-1-4-14(12)15(20)18-7-8-21-13(10-18)11-19-6-2-5-17-19;;/h2,5-6,12-14H,1,3-4,7-11,16H2;2*1H/t12-,13?,14-;;/m1../s1. The van der Waals surface area contributed by atoms with Gasteiger partial charge in [-0.3, -0.25) is 9.48 Å². The van der Waals surface area contributed by atoms with Crippen LogP contribution in [0.15, 0.2) is 18.5 Å². The molecule has 1 amide bonds. The van der Waals surface area contributed by atoms with Gasteiger partial charge in [0.1, 0.15) is 0 Å². The molecule has 0 bridgehead atoms. The van der Waals surface area contributed by atoms with Crippen LogP contribution in [0.5, 0.6) is 0 Å². The minimum Gasteiger partial charge on any atom is -0.373 e. The largest absolute Gasteiger partial charge is 0.373 e. The van der Waals surface area contributed by atoms with E-state index in [2.05, 4.69) is 5.10 Å². The van der Waals surface area contributed by atoms with Gasteiger partial charge in [-0.25, -0.2) is 0 Å². The summed E-state index contributed by atoms with van der Waals surface area (Å²) in [6.45, 7) is 3.28. The number of carbonyl (C=O) groups excluding carboxylic acids is 1. The first kappa shape index (κ1) is 20.2. The van der Waals surface area contributed by atoms with Gasteiger partial charge in [-0.05, 0) is 31.4 Å². The SMILES string of the molecule is Cl.Cl.NC[C@H]1CCC[C@H]1C(=O)N1CCOC(Cn2cccn2)C1. The fourth-order valence-corrected chi connectivity index (χ4v) is 3.53. The van der Waals surface area contributed by atoms with Crippen LogP contribution in [0.3, 0.4) is 0 Å². The van der Waals surface area contributed by atoms with Crippen LogP contribution in [0.4, 0.5) is 0 Å². The lowest BCUT2D eigenvalue weighted by Gasteiger charge is -2.35. The summed E-state index contributed by atoms with van der Waals surface area (Å²) >= 11 is 0. The Kier molecular flexibility index (Phi) is 8.33. The number of carbonyl (C=O) groups is 1. The van der Waals surface area contributed by atoms with Crippen LogP contribution >= 0.6 is 24.8 Å². The van der Waals surface area contributed by atoms with Gasteiger partial charge >= 0.3 is 0 Å². The van der Waals surface area contributed by atoms with Crippen molar-refractivity contribution in [3.05, 3.63) is 18.5 Å². The van der Waals surface area contributed by atoms with Crippen molar-refractivity contribution < 1.29 is 9.53 Å². The molecule has 2 N–H and O–H groups in total. The first-order valence-electron chi connectivity index (χ1n) is 7.86. The van der Waals surface area contributed by atoms with Crippen LogP contribution in [-0.4, -0.2) is 52.9 Å². The van der Waals surface area contributed by atoms with Crippen molar-refractivity contribution in [2.75, 3.05) is 26.2 Å². The van der Waals surface area contributed by atoms with E-state index in [1.165, 1.54) is 0 Å². The molecule has 0 aromatic carbocycles. The molecule has 2 aliphatic rings. The number of nitrogens with zero attached hydrogens (tertiary/aromatic N) is 3. The number of ether oxygens (including phenoxy) is 1. The number of aromatic nitrogens is 2. The maximum atomic E-state index is 12.7. The van der Waals surface area contributed by atoms with E-state index in [0.717, 1.165) is 19.3 Å². The van der Waals surface area contributed by atoms with E-state index in [1.54, 1.807) is 6.20 Å². The molecule has 6 nitrogen and oxygen atoms in total. The van der Waals surface area contributed by atoms with Crippen molar-refractivity contribution in [1.29, 1.82) is 0 Å². The Morgan fingerprint density at radius 1 is 1.35 bits per heavy atom. The van der Waals surface area contributed by atoms with Crippen molar-refractivity contribution in [3.63, 3.8) is 0 Å². The van der Waals surface area contributed by atoms with Crippen LogP contribution < -0.4 is 5.73 Å². The molecule has 1 aliphatic heterocycles. The van der Waals surface area contributed by atoms with E-state index in [1.807, 2.05) is 21.8 Å². The van der Waals surface area contributed by atoms with Gasteiger partial charge in [0, 0.05) is 31.4 Å². The highest BCUT2D eigenvalue weighted by Gasteiger charge is 2.36. The Balaban J connectivity index is 0.00000132. The van der Waals surface area contributed by atoms with E-state index in [4.69, 9.17) is 10.5 Å². The van der Waals surface area contributed by atoms with E-state index >= 15 is 0 Å². The Bertz CT molecular complexity index is 472. The number of nitrogens with two attached hydrogens (primary N) is 1. The molecule has 0 spiro atoms. The quantitative estimate of drug-likeness (QED) is 0.874. The number of halogens is 2. The first-order valence-corrected chi connectivity index (χ1v) is 7.86. The molecule has 23 heavy (non-hydrogen) atoms. The molecule has 3 rings (SSSR count). The third-order valence-corrected chi connectivity index (χ3v) is 4.68. The smallest absolute Gasteiger partial charge is 0.226 e. The van der Waals surface area contributed by atoms with Gasteiger partial charge in [-0.2, -0.15) is 5.10 Å². The minimum absolute atomic E-state index is 0. The Morgan fingerprint density at radius 2 is 2.17 bits per heavy atom. The van der Waals surface area contributed by atoms with Crippen molar-refractivity contribution in [1.82, 2.24) is 14.7 Å². The van der Waals surface area contributed by atoms with Crippen LogP contribution in [0.25, 0.3) is 0 Å². The van der Waals surface area contributed by atoms with Crippen LogP contribution in [0.2, 0.25) is 0 Å². The summed E-state index contributed by atoms with van der Waals surface area (Å²) in [7, 11) is 0. The Labute approximate surface area is 149 Å². The Hall–Kier alpha value is -0.820. The lowest BCUT2D eigenvalue weighted by atomic mass is 9.94. The molecule has 132 valence electrons. The highest BCUT2D eigenvalue weighted by molar-refractivity contribution is 5.85. The molecule has 1 aliphatic carbocycles. The normalized spacial score (nSPS) is 27.2. The van der Waals surface area contributed by atoms with E-state index in [9.17, 15) is 4.79 Å². The van der Waals surface area contributed by atoms with E-state index in [0.29, 0.717) is 38.7 Å². The molecule has 1 aromatic heterocycles. The second-order valence-electron chi connectivity index (χ2n) is 6.04. The zero-order chi connectivity index (χ0) is 14.7. The molecule has 1 saturated heterocycles. The van der Waals surface area contributed by atoms with Gasteiger partial charge in [-0.1, -0.05) is 6.42 Å². The summed E-state index contributed by atoms with van der Waals surface area (Å²) in [6.07, 6.45) is 6.91.